The first kappa shape index (κ1) is 30.4. The van der Waals surface area contributed by atoms with E-state index >= 15 is 0 Å². The summed E-state index contributed by atoms with van der Waals surface area (Å²) < 4.78 is 2.12. The van der Waals surface area contributed by atoms with Crippen molar-refractivity contribution in [2.75, 3.05) is 16.4 Å². The Morgan fingerprint density at radius 1 is 0.698 bits per heavy atom. The number of halogens is 2. The number of aromatic nitrogens is 3. The lowest BCUT2D eigenvalue weighted by molar-refractivity contribution is -0.118. The van der Waals surface area contributed by atoms with Gasteiger partial charge in [0.2, 0.25) is 5.91 Å². The van der Waals surface area contributed by atoms with Crippen molar-refractivity contribution in [1.29, 1.82) is 0 Å². The molecule has 0 radical (unpaired) electrons. The molecular weight excluding hydrogens is 579 g/mol. The van der Waals surface area contributed by atoms with Gasteiger partial charge in [0.05, 0.1) is 17.3 Å². The molecule has 0 fully saturated rings. The van der Waals surface area contributed by atoms with E-state index in [4.69, 9.17) is 34.7 Å². The molecule has 3 aromatic heterocycles. The fourth-order valence-electron chi connectivity index (χ4n) is 6.23. The highest BCUT2D eigenvalue weighted by molar-refractivity contribution is 6.31. The predicted octanol–water partition coefficient (Wildman–Crippen LogP) is 8.52. The second-order valence-electron chi connectivity index (χ2n) is 11.5. The van der Waals surface area contributed by atoms with Gasteiger partial charge < -0.3 is 16.0 Å². The van der Waals surface area contributed by atoms with E-state index in [2.05, 4.69) is 41.5 Å². The van der Waals surface area contributed by atoms with Gasteiger partial charge in [-0.2, -0.15) is 0 Å². The first-order valence-corrected chi connectivity index (χ1v) is 14.8. The Labute approximate surface area is 262 Å². The van der Waals surface area contributed by atoms with Crippen LogP contribution < -0.4 is 16.4 Å². The van der Waals surface area contributed by atoms with E-state index in [1.165, 1.54) is 0 Å². The summed E-state index contributed by atoms with van der Waals surface area (Å²) in [6.45, 7) is 15.8. The molecule has 2 aromatic carbocycles. The number of hydrogen-bond donors (Lipinski definition) is 2. The van der Waals surface area contributed by atoms with Gasteiger partial charge in [-0.05, 0) is 120 Å². The molecule has 222 valence electrons. The fraction of sp³-hybridized carbons (Fsp3) is 0.265. The van der Waals surface area contributed by atoms with Crippen molar-refractivity contribution in [1.82, 2.24) is 14.5 Å². The third-order valence-corrected chi connectivity index (χ3v) is 8.35. The largest absolute Gasteiger partial charge is 0.398 e. The molecule has 6 rings (SSSR count). The Bertz CT molecular complexity index is 1900. The van der Waals surface area contributed by atoms with E-state index in [1.54, 1.807) is 4.90 Å². The highest BCUT2D eigenvalue weighted by atomic mass is 35.5. The Morgan fingerprint density at radius 3 is 1.74 bits per heavy atom. The van der Waals surface area contributed by atoms with Gasteiger partial charge in [0.1, 0.15) is 11.5 Å². The highest BCUT2D eigenvalue weighted by Crippen LogP contribution is 2.45. The average molecular weight is 616 g/mol. The molecule has 1 amide bonds. The van der Waals surface area contributed by atoms with Gasteiger partial charge in [-0.3, -0.25) is 9.69 Å². The number of carbonyl (C=O) groups excluding carboxylic acids is 1. The lowest BCUT2D eigenvalue weighted by Gasteiger charge is -2.22. The number of anilines is 4. The van der Waals surface area contributed by atoms with Crippen LogP contribution in [0.25, 0.3) is 16.7 Å². The maximum Gasteiger partial charge on any atom is 0.240 e. The van der Waals surface area contributed by atoms with Crippen LogP contribution in [0.3, 0.4) is 0 Å². The molecule has 0 saturated carbocycles. The van der Waals surface area contributed by atoms with Gasteiger partial charge >= 0.3 is 0 Å². The van der Waals surface area contributed by atoms with Crippen LogP contribution in [-0.2, 0) is 4.79 Å². The van der Waals surface area contributed by atoms with E-state index in [0.717, 1.165) is 77.9 Å². The van der Waals surface area contributed by atoms with Crippen molar-refractivity contribution in [3.8, 4) is 5.69 Å². The monoisotopic (exact) mass is 614 g/mol. The molecule has 7 nitrogen and oxygen atoms in total. The van der Waals surface area contributed by atoms with E-state index in [9.17, 15) is 4.79 Å². The quantitative estimate of drug-likeness (QED) is 0.207. The number of nitrogens with zero attached hydrogens (tertiary/aromatic N) is 4. The number of fused-ring (bicyclic) bond motifs is 2. The van der Waals surface area contributed by atoms with Crippen molar-refractivity contribution in [2.45, 2.75) is 61.3 Å². The molecule has 43 heavy (non-hydrogen) atoms. The molecule has 0 bridgehead atoms. The number of carbonyl (C=O) groups is 1. The molecule has 1 aliphatic rings. The van der Waals surface area contributed by atoms with Gasteiger partial charge in [0.25, 0.3) is 0 Å². The number of pyridine rings is 2. The Kier molecular flexibility index (Phi) is 7.92. The summed E-state index contributed by atoms with van der Waals surface area (Å²) in [6.07, 6.45) is 2.09. The topological polar surface area (TPSA) is 103 Å². The van der Waals surface area contributed by atoms with Gasteiger partial charge in [0, 0.05) is 50.0 Å². The minimum Gasteiger partial charge on any atom is -0.398 e. The molecule has 9 heteroatoms. The molecule has 0 aliphatic carbocycles. The predicted molar refractivity (Wildman–Crippen MR) is 179 cm³/mol. The molecule has 4 N–H and O–H groups in total. The van der Waals surface area contributed by atoms with Crippen LogP contribution in [0.15, 0.2) is 42.6 Å². The fourth-order valence-corrected chi connectivity index (χ4v) is 6.89. The summed E-state index contributed by atoms with van der Waals surface area (Å²) in [5.74, 6) is 0.342. The van der Waals surface area contributed by atoms with Gasteiger partial charge in [-0.25, -0.2) is 9.97 Å². The van der Waals surface area contributed by atoms with Crippen LogP contribution >= 0.6 is 23.2 Å². The molecule has 1 aliphatic heterocycles. The molecule has 1 unspecified atom stereocenters. The van der Waals surface area contributed by atoms with E-state index in [1.807, 2.05) is 71.0 Å². The van der Waals surface area contributed by atoms with Crippen molar-refractivity contribution in [3.63, 3.8) is 0 Å². The summed E-state index contributed by atoms with van der Waals surface area (Å²) in [7, 11) is 0. The molecule has 5 aromatic rings. The lowest BCUT2D eigenvalue weighted by atomic mass is 10.0. The minimum atomic E-state index is -0.294. The molecular formula is C34H36Cl2N6O. The summed E-state index contributed by atoms with van der Waals surface area (Å²) in [5, 5.41) is 2.44. The van der Waals surface area contributed by atoms with Crippen LogP contribution in [0, 0.1) is 48.5 Å². The Balaban J connectivity index is 0.000000171. The van der Waals surface area contributed by atoms with Crippen LogP contribution in [0.2, 0.25) is 10.0 Å². The first-order valence-electron chi connectivity index (χ1n) is 14.1. The van der Waals surface area contributed by atoms with Crippen molar-refractivity contribution in [2.24, 2.45) is 0 Å². The molecule has 0 spiro atoms. The Morgan fingerprint density at radius 2 is 1.19 bits per heavy atom. The van der Waals surface area contributed by atoms with Gasteiger partial charge in [-0.1, -0.05) is 23.2 Å². The zero-order chi connectivity index (χ0) is 31.5. The maximum absolute atomic E-state index is 12.8. The second kappa shape index (κ2) is 11.2. The summed E-state index contributed by atoms with van der Waals surface area (Å²) in [5.41, 5.74) is 24.4. The number of amides is 1. The standard InChI is InChI=1S/C17H18ClN3O.C17H18ClN3/c1-8-5-12(18)6-9(2)15(8)21-16-14(11(4)17(21)22)13(19)7-10(3)20-16;1-9-5-13(18)6-10(2)16(9)21-8-11(3)15-14(19)7-12(4)20-17(15)21/h5-7,11H,1-4H3,(H2,19,20);5-8H,1-4H3,(H2,19,20). The Hall–Kier alpha value is -4.07. The zero-order valence-electron chi connectivity index (χ0n) is 25.7. The van der Waals surface area contributed by atoms with E-state index in [0.29, 0.717) is 16.5 Å². The second-order valence-corrected chi connectivity index (χ2v) is 12.4. The van der Waals surface area contributed by atoms with Crippen molar-refractivity contribution < 1.29 is 4.79 Å². The maximum atomic E-state index is 12.8. The smallest absolute Gasteiger partial charge is 0.240 e. The SMILES string of the molecule is Cc1cc(N)c2c(C)cn(-c3c(C)cc(Cl)cc3C)c2n1.Cc1cc(N)c2c(n1)N(c1c(C)cc(Cl)cc1C)C(=O)C2C. The first-order chi connectivity index (χ1) is 20.2. The van der Waals surface area contributed by atoms with Crippen molar-refractivity contribution in [3.05, 3.63) is 97.4 Å². The summed E-state index contributed by atoms with van der Waals surface area (Å²) >= 11 is 12.2. The van der Waals surface area contributed by atoms with Crippen LogP contribution in [0.5, 0.6) is 0 Å². The third kappa shape index (κ3) is 5.32. The normalized spacial score (nSPS) is 14.2. The molecule has 4 heterocycles. The summed E-state index contributed by atoms with van der Waals surface area (Å²) in [6, 6.07) is 11.4. The zero-order valence-corrected chi connectivity index (χ0v) is 27.2. The van der Waals surface area contributed by atoms with Crippen LogP contribution in [-0.4, -0.2) is 20.4 Å². The average Bonchev–Trinajstić information content (AvgIpc) is 3.32. The van der Waals surface area contributed by atoms with Crippen LogP contribution in [0.4, 0.5) is 22.9 Å². The van der Waals surface area contributed by atoms with Gasteiger partial charge in [0.15, 0.2) is 0 Å². The van der Waals surface area contributed by atoms with Gasteiger partial charge in [-0.15, -0.1) is 0 Å². The third-order valence-electron chi connectivity index (χ3n) is 7.91. The highest BCUT2D eigenvalue weighted by Gasteiger charge is 2.39. The van der Waals surface area contributed by atoms with E-state index in [-0.39, 0.29) is 11.8 Å². The lowest BCUT2D eigenvalue weighted by Crippen LogP contribution is -2.25. The molecule has 1 atom stereocenters. The van der Waals surface area contributed by atoms with Crippen LogP contribution in [0.1, 0.15) is 57.6 Å². The number of aryl methyl sites for hydroxylation is 7. The number of benzene rings is 2. The number of nitrogens with two attached hydrogens (primary N) is 2. The number of rotatable bonds is 2. The number of hydrogen-bond acceptors (Lipinski definition) is 5. The van der Waals surface area contributed by atoms with E-state index < -0.39 is 0 Å². The number of nitrogen functional groups attached to an aromatic ring is 2. The minimum absolute atomic E-state index is 0.00618. The van der Waals surface area contributed by atoms with Crippen molar-refractivity contribution >= 4 is 63.0 Å². The molecule has 0 saturated heterocycles. The summed E-state index contributed by atoms with van der Waals surface area (Å²) in [4.78, 5) is 23.8.